The molecule has 1 N–H and O–H groups in total. The monoisotopic (exact) mass is 362 g/mol. The Morgan fingerprint density at radius 1 is 1.35 bits per heavy atom. The lowest BCUT2D eigenvalue weighted by atomic mass is 10.0. The van der Waals surface area contributed by atoms with E-state index in [0.29, 0.717) is 25.3 Å². The van der Waals surface area contributed by atoms with E-state index in [2.05, 4.69) is 22.1 Å². The maximum atomic E-state index is 12.6. The van der Waals surface area contributed by atoms with Crippen LogP contribution >= 0.6 is 0 Å². The molecule has 26 heavy (non-hydrogen) atoms. The molecular formula is C19H30N4O3. The molecule has 0 bridgehead atoms. The van der Waals surface area contributed by atoms with Crippen LogP contribution in [0.3, 0.4) is 0 Å². The highest BCUT2D eigenvalue weighted by atomic mass is 16.6. The summed E-state index contributed by atoms with van der Waals surface area (Å²) in [6.45, 7) is 6.45. The molecule has 7 nitrogen and oxygen atoms in total. The molecule has 0 spiro atoms. The number of anilines is 1. The van der Waals surface area contributed by atoms with Crippen molar-refractivity contribution < 1.29 is 14.3 Å². The Hall–Kier alpha value is -2.31. The summed E-state index contributed by atoms with van der Waals surface area (Å²) in [5.74, 6) is 0.718. The van der Waals surface area contributed by atoms with Crippen molar-refractivity contribution in [1.29, 1.82) is 0 Å². The minimum Gasteiger partial charge on any atom is -0.450 e. The second-order valence-electron chi connectivity index (χ2n) is 6.61. The van der Waals surface area contributed by atoms with Gasteiger partial charge in [0.15, 0.2) is 0 Å². The number of unbranched alkanes of at least 4 members (excludes halogenated alkanes) is 1. The van der Waals surface area contributed by atoms with Crippen LogP contribution in [0.4, 0.5) is 10.6 Å². The summed E-state index contributed by atoms with van der Waals surface area (Å²) in [7, 11) is 1.99. The fraction of sp³-hybridized carbons (Fsp3) is 0.632. The first-order valence-corrected chi connectivity index (χ1v) is 9.44. The first kappa shape index (κ1) is 20.0. The highest BCUT2D eigenvalue weighted by Crippen LogP contribution is 2.15. The summed E-state index contributed by atoms with van der Waals surface area (Å²) in [4.78, 5) is 32.4. The maximum absolute atomic E-state index is 12.6. The zero-order chi connectivity index (χ0) is 18.9. The van der Waals surface area contributed by atoms with Crippen molar-refractivity contribution in [2.24, 2.45) is 0 Å². The molecule has 7 heteroatoms. The number of hydrogen-bond acceptors (Lipinski definition) is 5. The van der Waals surface area contributed by atoms with Crippen molar-refractivity contribution in [2.45, 2.75) is 45.6 Å². The molecule has 0 saturated carbocycles. The van der Waals surface area contributed by atoms with E-state index in [-0.39, 0.29) is 18.0 Å². The molecule has 144 valence electrons. The molecule has 0 aliphatic carbocycles. The van der Waals surface area contributed by atoms with Crippen LogP contribution in [0.2, 0.25) is 0 Å². The molecule has 2 heterocycles. The predicted octanol–water partition coefficient (Wildman–Crippen LogP) is 2.67. The van der Waals surface area contributed by atoms with Crippen molar-refractivity contribution >= 4 is 17.8 Å². The minimum absolute atomic E-state index is 0.0719. The first-order chi connectivity index (χ1) is 12.5. The van der Waals surface area contributed by atoms with E-state index >= 15 is 0 Å². The average Bonchev–Trinajstić information content (AvgIpc) is 2.67. The van der Waals surface area contributed by atoms with Gasteiger partial charge < -0.3 is 19.9 Å². The summed E-state index contributed by atoms with van der Waals surface area (Å²) in [6.07, 6.45) is 5.09. The van der Waals surface area contributed by atoms with E-state index in [4.69, 9.17) is 4.74 Å². The van der Waals surface area contributed by atoms with Gasteiger partial charge in [-0.25, -0.2) is 9.78 Å². The Kier molecular flexibility index (Phi) is 7.69. The van der Waals surface area contributed by atoms with Crippen molar-refractivity contribution in [3.63, 3.8) is 0 Å². The van der Waals surface area contributed by atoms with Crippen molar-refractivity contribution in [3.8, 4) is 0 Å². The van der Waals surface area contributed by atoms with Gasteiger partial charge >= 0.3 is 6.09 Å². The van der Waals surface area contributed by atoms with E-state index in [9.17, 15) is 9.59 Å². The van der Waals surface area contributed by atoms with Crippen molar-refractivity contribution in [2.75, 3.05) is 38.2 Å². The van der Waals surface area contributed by atoms with Gasteiger partial charge in [0.05, 0.1) is 6.61 Å². The van der Waals surface area contributed by atoms with Crippen LogP contribution in [0, 0.1) is 0 Å². The van der Waals surface area contributed by atoms with E-state index in [1.807, 2.05) is 13.1 Å². The molecule has 2 rings (SSSR count). The number of carbonyl (C=O) groups is 2. The zero-order valence-electron chi connectivity index (χ0n) is 16.0. The van der Waals surface area contributed by atoms with Crippen LogP contribution in [-0.2, 0) is 4.74 Å². The first-order valence-electron chi connectivity index (χ1n) is 9.44. The van der Waals surface area contributed by atoms with Crippen molar-refractivity contribution in [1.82, 2.24) is 15.2 Å². The van der Waals surface area contributed by atoms with Gasteiger partial charge in [0, 0.05) is 44.5 Å². The molecule has 1 aromatic heterocycles. The standard InChI is InChI=1S/C19H30N4O3/c1-4-6-11-22(3)17-14-15(7-10-20-17)18(24)21-16-8-12-23(13-9-16)19(25)26-5-2/h7,10,14,16H,4-6,8-9,11-13H2,1-3H3,(H,21,24). The SMILES string of the molecule is CCCCN(C)c1cc(C(=O)NC2CCN(C(=O)OCC)CC2)ccn1. The van der Waals surface area contributed by atoms with Gasteiger partial charge in [0.25, 0.3) is 5.91 Å². The average molecular weight is 362 g/mol. The molecule has 1 aromatic rings. The molecule has 2 amide bonds. The fourth-order valence-electron chi connectivity index (χ4n) is 2.97. The van der Waals surface area contributed by atoms with E-state index in [1.54, 1.807) is 24.1 Å². The largest absolute Gasteiger partial charge is 0.450 e. The number of carbonyl (C=O) groups excluding carboxylic acids is 2. The highest BCUT2D eigenvalue weighted by Gasteiger charge is 2.25. The fourth-order valence-corrected chi connectivity index (χ4v) is 2.97. The summed E-state index contributed by atoms with van der Waals surface area (Å²) in [5, 5.41) is 3.07. The van der Waals surface area contributed by atoms with Crippen LogP contribution in [-0.4, -0.2) is 61.2 Å². The van der Waals surface area contributed by atoms with Crippen LogP contribution in [0.15, 0.2) is 18.3 Å². The molecule has 0 radical (unpaired) electrons. The van der Waals surface area contributed by atoms with Crippen molar-refractivity contribution in [3.05, 3.63) is 23.9 Å². The molecule has 1 fully saturated rings. The number of amides is 2. The third-order valence-electron chi connectivity index (χ3n) is 4.60. The number of piperidine rings is 1. The maximum Gasteiger partial charge on any atom is 0.409 e. The molecular weight excluding hydrogens is 332 g/mol. The minimum atomic E-state index is -0.272. The van der Waals surface area contributed by atoms with Crippen LogP contribution in [0.25, 0.3) is 0 Å². The Bertz CT molecular complexity index is 600. The molecule has 0 aromatic carbocycles. The Morgan fingerprint density at radius 3 is 2.73 bits per heavy atom. The smallest absolute Gasteiger partial charge is 0.409 e. The summed E-state index contributed by atoms with van der Waals surface area (Å²) in [5.41, 5.74) is 0.617. The van der Waals surface area contributed by atoms with Gasteiger partial charge in [-0.2, -0.15) is 0 Å². The lowest BCUT2D eigenvalue weighted by Gasteiger charge is -2.31. The van der Waals surface area contributed by atoms with E-state index < -0.39 is 0 Å². The molecule has 0 atom stereocenters. The zero-order valence-corrected chi connectivity index (χ0v) is 16.0. The van der Waals surface area contributed by atoms with Crippen LogP contribution in [0.5, 0.6) is 0 Å². The van der Waals surface area contributed by atoms with Crippen LogP contribution < -0.4 is 10.2 Å². The van der Waals surface area contributed by atoms with Gasteiger partial charge in [0.2, 0.25) is 0 Å². The number of nitrogens with one attached hydrogen (secondary N) is 1. The van der Waals surface area contributed by atoms with E-state index in [1.165, 1.54) is 0 Å². The second kappa shape index (κ2) is 9.99. The molecule has 1 aliphatic heterocycles. The van der Waals surface area contributed by atoms with Gasteiger partial charge in [0.1, 0.15) is 5.82 Å². The van der Waals surface area contributed by atoms with Crippen LogP contribution in [0.1, 0.15) is 49.9 Å². The topological polar surface area (TPSA) is 74.8 Å². The van der Waals surface area contributed by atoms with Gasteiger partial charge in [-0.15, -0.1) is 0 Å². The Balaban J connectivity index is 1.87. The number of rotatable bonds is 7. The van der Waals surface area contributed by atoms with Gasteiger partial charge in [-0.1, -0.05) is 13.3 Å². The number of ether oxygens (including phenoxy) is 1. The third-order valence-corrected chi connectivity index (χ3v) is 4.60. The second-order valence-corrected chi connectivity index (χ2v) is 6.61. The summed E-state index contributed by atoms with van der Waals surface area (Å²) < 4.78 is 5.02. The quantitative estimate of drug-likeness (QED) is 0.807. The third kappa shape index (κ3) is 5.61. The summed E-state index contributed by atoms with van der Waals surface area (Å²) in [6, 6.07) is 3.64. The Morgan fingerprint density at radius 2 is 2.08 bits per heavy atom. The molecule has 0 unspecified atom stereocenters. The lowest BCUT2D eigenvalue weighted by molar-refractivity contribution is 0.0860. The number of likely N-dealkylation sites (tertiary alicyclic amines) is 1. The number of nitrogens with zero attached hydrogens (tertiary/aromatic N) is 3. The lowest BCUT2D eigenvalue weighted by Crippen LogP contribution is -2.46. The van der Waals surface area contributed by atoms with E-state index in [0.717, 1.165) is 38.0 Å². The Labute approximate surface area is 155 Å². The number of hydrogen-bond donors (Lipinski definition) is 1. The molecule has 1 aliphatic rings. The van der Waals surface area contributed by atoms with Gasteiger partial charge in [-0.3, -0.25) is 4.79 Å². The normalized spacial score (nSPS) is 14.8. The predicted molar refractivity (Wildman–Crippen MR) is 101 cm³/mol. The van der Waals surface area contributed by atoms with Gasteiger partial charge in [-0.05, 0) is 38.3 Å². The number of pyridine rings is 1. The summed E-state index contributed by atoms with van der Waals surface area (Å²) >= 11 is 0. The number of aromatic nitrogens is 1. The molecule has 1 saturated heterocycles. The highest BCUT2D eigenvalue weighted by molar-refractivity contribution is 5.95.